The van der Waals surface area contributed by atoms with Crippen molar-refractivity contribution < 1.29 is 0 Å². The highest BCUT2D eigenvalue weighted by atomic mass is 35.5. The van der Waals surface area contributed by atoms with Gasteiger partial charge in [-0.1, -0.05) is 29.3 Å². The first-order valence-electron chi connectivity index (χ1n) is 8.76. The van der Waals surface area contributed by atoms with Crippen LogP contribution in [0.25, 0.3) is 0 Å². The summed E-state index contributed by atoms with van der Waals surface area (Å²) in [5.74, 6) is 0. The summed E-state index contributed by atoms with van der Waals surface area (Å²) >= 11 is 17.7. The van der Waals surface area contributed by atoms with Gasteiger partial charge in [-0.2, -0.15) is 10.2 Å². The molecular formula is C19H22Cl2N6S. The van der Waals surface area contributed by atoms with Gasteiger partial charge in [0.2, 0.25) is 0 Å². The van der Waals surface area contributed by atoms with Gasteiger partial charge in [-0.15, -0.1) is 0 Å². The molecule has 0 atom stereocenters. The van der Waals surface area contributed by atoms with Crippen molar-refractivity contribution >= 4 is 46.2 Å². The Labute approximate surface area is 179 Å². The normalized spacial score (nSPS) is 10.9. The molecule has 0 aliphatic rings. The Morgan fingerprint density at radius 1 is 1.11 bits per heavy atom. The van der Waals surface area contributed by atoms with Gasteiger partial charge in [-0.3, -0.25) is 9.36 Å². The van der Waals surface area contributed by atoms with Crippen molar-refractivity contribution in [2.24, 2.45) is 7.05 Å². The number of benzene rings is 1. The fourth-order valence-electron chi connectivity index (χ4n) is 3.00. The van der Waals surface area contributed by atoms with Gasteiger partial charge in [0.05, 0.1) is 29.3 Å². The number of hydrogen-bond donors (Lipinski definition) is 2. The molecular weight excluding hydrogens is 415 g/mol. The van der Waals surface area contributed by atoms with E-state index in [4.69, 9.17) is 35.4 Å². The number of thiocarbonyl (C=S) groups is 1. The average Bonchev–Trinajstić information content (AvgIpc) is 3.08. The van der Waals surface area contributed by atoms with Crippen LogP contribution >= 0.6 is 35.4 Å². The summed E-state index contributed by atoms with van der Waals surface area (Å²) in [5, 5.41) is 17.2. The number of rotatable bonds is 5. The first kappa shape index (κ1) is 20.6. The molecule has 0 saturated heterocycles. The molecule has 0 fully saturated rings. The van der Waals surface area contributed by atoms with Gasteiger partial charge in [0.1, 0.15) is 0 Å². The molecule has 0 saturated carbocycles. The molecule has 9 heteroatoms. The van der Waals surface area contributed by atoms with Crippen LogP contribution in [-0.4, -0.2) is 24.7 Å². The maximum absolute atomic E-state index is 6.30. The first-order chi connectivity index (χ1) is 13.2. The highest BCUT2D eigenvalue weighted by molar-refractivity contribution is 7.80. The molecule has 0 aliphatic heterocycles. The summed E-state index contributed by atoms with van der Waals surface area (Å²) in [6, 6.07) is 5.48. The highest BCUT2D eigenvalue weighted by Gasteiger charge is 2.14. The molecule has 28 heavy (non-hydrogen) atoms. The Morgan fingerprint density at radius 3 is 2.50 bits per heavy atom. The zero-order chi connectivity index (χ0) is 20.4. The molecule has 0 spiro atoms. The lowest BCUT2D eigenvalue weighted by Gasteiger charge is -2.11. The van der Waals surface area contributed by atoms with Crippen molar-refractivity contribution in [3.63, 3.8) is 0 Å². The quantitative estimate of drug-likeness (QED) is 0.580. The second-order valence-corrected chi connectivity index (χ2v) is 7.91. The van der Waals surface area contributed by atoms with E-state index in [0.29, 0.717) is 28.2 Å². The zero-order valence-electron chi connectivity index (χ0n) is 16.2. The second-order valence-electron chi connectivity index (χ2n) is 6.66. The van der Waals surface area contributed by atoms with Crippen LogP contribution < -0.4 is 10.6 Å². The molecule has 2 heterocycles. The molecule has 2 aromatic heterocycles. The molecule has 0 bridgehead atoms. The number of nitrogens with zero attached hydrogens (tertiary/aromatic N) is 4. The minimum absolute atomic E-state index is 0.540. The summed E-state index contributed by atoms with van der Waals surface area (Å²) in [5.41, 5.74) is 5.78. The lowest BCUT2D eigenvalue weighted by Crippen LogP contribution is -2.28. The summed E-state index contributed by atoms with van der Waals surface area (Å²) in [6.45, 7) is 7.09. The summed E-state index contributed by atoms with van der Waals surface area (Å²) in [6.07, 6.45) is 1.98. The predicted molar refractivity (Wildman–Crippen MR) is 118 cm³/mol. The van der Waals surface area contributed by atoms with E-state index in [0.717, 1.165) is 33.9 Å². The van der Waals surface area contributed by atoms with Crippen LogP contribution in [-0.2, 0) is 20.1 Å². The number of hydrogen-bond acceptors (Lipinski definition) is 3. The lowest BCUT2D eigenvalue weighted by molar-refractivity contribution is 0.659. The second kappa shape index (κ2) is 8.51. The Bertz CT molecular complexity index is 1020. The molecule has 1 aromatic carbocycles. The maximum atomic E-state index is 6.30. The van der Waals surface area contributed by atoms with E-state index in [2.05, 4.69) is 20.8 Å². The number of aromatic nitrogens is 4. The van der Waals surface area contributed by atoms with Crippen LogP contribution in [0.3, 0.4) is 0 Å². The van der Waals surface area contributed by atoms with Gasteiger partial charge in [0.25, 0.3) is 0 Å². The monoisotopic (exact) mass is 436 g/mol. The summed E-state index contributed by atoms with van der Waals surface area (Å²) < 4.78 is 3.70. The van der Waals surface area contributed by atoms with Crippen LogP contribution in [0, 0.1) is 20.8 Å². The minimum atomic E-state index is 0.540. The topological polar surface area (TPSA) is 59.7 Å². The van der Waals surface area contributed by atoms with Crippen molar-refractivity contribution in [2.45, 2.75) is 33.9 Å². The highest BCUT2D eigenvalue weighted by Crippen LogP contribution is 2.25. The number of aryl methyl sites for hydroxylation is 3. The van der Waals surface area contributed by atoms with Gasteiger partial charge in [0.15, 0.2) is 5.11 Å². The fourth-order valence-corrected chi connectivity index (χ4v) is 3.64. The SMILES string of the molecule is Cc1nn(C)cc1CNC(=S)Nc1c(C)nn(Cc2ccc(Cl)cc2Cl)c1C. The zero-order valence-corrected chi connectivity index (χ0v) is 18.5. The summed E-state index contributed by atoms with van der Waals surface area (Å²) in [7, 11) is 1.90. The van der Waals surface area contributed by atoms with Crippen molar-refractivity contribution in [1.29, 1.82) is 0 Å². The standard InChI is InChI=1S/C19H22Cl2N6S/c1-11-15(9-26(4)24-11)8-22-19(28)23-18-12(2)25-27(13(18)3)10-14-5-6-16(20)7-17(14)21/h5-7,9H,8,10H2,1-4H3,(H2,22,23,28). The van der Waals surface area contributed by atoms with Crippen LogP contribution in [0.4, 0.5) is 5.69 Å². The molecule has 0 radical (unpaired) electrons. The van der Waals surface area contributed by atoms with E-state index in [9.17, 15) is 0 Å². The smallest absolute Gasteiger partial charge is 0.171 e. The van der Waals surface area contributed by atoms with Gasteiger partial charge in [0, 0.05) is 35.4 Å². The van der Waals surface area contributed by atoms with E-state index in [1.165, 1.54) is 0 Å². The van der Waals surface area contributed by atoms with Gasteiger partial charge in [-0.25, -0.2) is 0 Å². The molecule has 2 N–H and O–H groups in total. The molecule has 6 nitrogen and oxygen atoms in total. The molecule has 3 rings (SSSR count). The lowest BCUT2D eigenvalue weighted by atomic mass is 10.2. The Balaban J connectivity index is 1.69. The fraction of sp³-hybridized carbons (Fsp3) is 0.316. The van der Waals surface area contributed by atoms with E-state index in [-0.39, 0.29) is 0 Å². The maximum Gasteiger partial charge on any atom is 0.171 e. The Morgan fingerprint density at radius 2 is 1.86 bits per heavy atom. The van der Waals surface area contributed by atoms with E-state index < -0.39 is 0 Å². The third-order valence-corrected chi connectivity index (χ3v) is 5.34. The molecule has 0 aliphatic carbocycles. The van der Waals surface area contributed by atoms with Crippen LogP contribution in [0.5, 0.6) is 0 Å². The number of anilines is 1. The minimum Gasteiger partial charge on any atom is -0.358 e. The largest absolute Gasteiger partial charge is 0.358 e. The van der Waals surface area contributed by atoms with E-state index in [1.807, 2.05) is 50.8 Å². The third-order valence-electron chi connectivity index (χ3n) is 4.51. The molecule has 3 aromatic rings. The van der Waals surface area contributed by atoms with Crippen molar-refractivity contribution in [2.75, 3.05) is 5.32 Å². The van der Waals surface area contributed by atoms with Crippen molar-refractivity contribution in [1.82, 2.24) is 24.9 Å². The van der Waals surface area contributed by atoms with Crippen LogP contribution in [0.2, 0.25) is 10.0 Å². The summed E-state index contributed by atoms with van der Waals surface area (Å²) in [4.78, 5) is 0. The number of nitrogens with one attached hydrogen (secondary N) is 2. The molecule has 148 valence electrons. The average molecular weight is 437 g/mol. The third kappa shape index (κ3) is 4.66. The van der Waals surface area contributed by atoms with Crippen molar-refractivity contribution in [3.05, 3.63) is 62.6 Å². The van der Waals surface area contributed by atoms with Crippen molar-refractivity contribution in [3.8, 4) is 0 Å². The van der Waals surface area contributed by atoms with Crippen LogP contribution in [0.15, 0.2) is 24.4 Å². The number of halogens is 2. The van der Waals surface area contributed by atoms with Gasteiger partial charge >= 0.3 is 0 Å². The first-order valence-corrected chi connectivity index (χ1v) is 9.93. The van der Waals surface area contributed by atoms with Gasteiger partial charge < -0.3 is 10.6 Å². The molecule has 0 unspecified atom stereocenters. The Kier molecular flexibility index (Phi) is 6.27. The van der Waals surface area contributed by atoms with E-state index >= 15 is 0 Å². The van der Waals surface area contributed by atoms with Crippen LogP contribution in [0.1, 0.15) is 28.2 Å². The Hall–Kier alpha value is -2.09. The van der Waals surface area contributed by atoms with E-state index in [1.54, 1.807) is 10.7 Å². The predicted octanol–water partition coefficient (Wildman–Crippen LogP) is 4.38. The van der Waals surface area contributed by atoms with Gasteiger partial charge in [-0.05, 0) is 50.7 Å². The molecule has 0 amide bonds.